The normalized spacial score (nSPS) is 11.3. The number of ether oxygens (including phenoxy) is 1. The fraction of sp³-hybridized carbons (Fsp3) is 0.148. The molecule has 0 radical (unpaired) electrons. The van der Waals surface area contributed by atoms with Crippen molar-refractivity contribution < 1.29 is 9.53 Å². The Balaban J connectivity index is 1.57. The molecule has 5 aromatic rings. The van der Waals surface area contributed by atoms with Gasteiger partial charge in [-0.2, -0.15) is 0 Å². The van der Waals surface area contributed by atoms with Gasteiger partial charge in [0.2, 0.25) is 0 Å². The van der Waals surface area contributed by atoms with Crippen LogP contribution >= 0.6 is 22.7 Å². The molecule has 5 rings (SSSR count). The van der Waals surface area contributed by atoms with Gasteiger partial charge in [0.15, 0.2) is 0 Å². The van der Waals surface area contributed by atoms with Crippen LogP contribution in [0, 0.1) is 0 Å². The summed E-state index contributed by atoms with van der Waals surface area (Å²) in [5, 5.41) is 2.53. The second kappa shape index (κ2) is 8.29. The molecular weight excluding hydrogens is 420 g/mol. The first-order valence-electron chi connectivity index (χ1n) is 10.4. The Morgan fingerprint density at radius 3 is 1.84 bits per heavy atom. The minimum absolute atomic E-state index is 0.214. The van der Waals surface area contributed by atoms with Gasteiger partial charge in [0.05, 0.1) is 13.5 Å². The average molecular weight is 443 g/mol. The maximum atomic E-state index is 11.8. The van der Waals surface area contributed by atoms with E-state index in [0.29, 0.717) is 0 Å². The molecule has 3 aromatic carbocycles. The van der Waals surface area contributed by atoms with E-state index in [2.05, 4.69) is 61.5 Å². The molecule has 0 saturated carbocycles. The Kier molecular flexibility index (Phi) is 5.34. The number of benzene rings is 3. The van der Waals surface area contributed by atoms with Crippen molar-refractivity contribution in [3.8, 4) is 20.9 Å². The van der Waals surface area contributed by atoms with Crippen molar-refractivity contribution in [2.45, 2.75) is 19.8 Å². The number of hydrogen-bond donors (Lipinski definition) is 0. The molecule has 0 aliphatic heterocycles. The van der Waals surface area contributed by atoms with Gasteiger partial charge in [-0.15, -0.1) is 22.7 Å². The van der Waals surface area contributed by atoms with Gasteiger partial charge in [-0.1, -0.05) is 55.5 Å². The highest BCUT2D eigenvalue weighted by Crippen LogP contribution is 2.41. The third-order valence-electron chi connectivity index (χ3n) is 5.66. The molecule has 2 heterocycles. The van der Waals surface area contributed by atoms with E-state index in [1.54, 1.807) is 11.3 Å². The minimum atomic E-state index is -0.214. The molecule has 0 saturated heterocycles. The lowest BCUT2D eigenvalue weighted by molar-refractivity contribution is -0.139. The standard InChI is InChI=1S/C27H22O2S2/c1-3-17-8-4-6-10-21(17)25-14-19-12-24-20(13-23(19)30-25)15-26(31-24)22-11-7-5-9-18(22)16-27(28)29-2/h4-15H,3,16H2,1-2H3. The summed E-state index contributed by atoms with van der Waals surface area (Å²) in [4.78, 5) is 14.3. The molecule has 0 N–H and O–H groups in total. The first-order chi connectivity index (χ1) is 15.2. The molecule has 0 amide bonds. The summed E-state index contributed by atoms with van der Waals surface area (Å²) in [5.41, 5.74) is 4.84. The molecule has 2 nitrogen and oxygen atoms in total. The van der Waals surface area contributed by atoms with Crippen LogP contribution in [0.15, 0.2) is 72.8 Å². The van der Waals surface area contributed by atoms with Gasteiger partial charge in [-0.3, -0.25) is 4.79 Å². The van der Waals surface area contributed by atoms with Crippen LogP contribution in [0.3, 0.4) is 0 Å². The third kappa shape index (κ3) is 3.78. The molecule has 0 bridgehead atoms. The van der Waals surface area contributed by atoms with Crippen LogP contribution < -0.4 is 0 Å². The van der Waals surface area contributed by atoms with Crippen LogP contribution in [0.4, 0.5) is 0 Å². The van der Waals surface area contributed by atoms with E-state index >= 15 is 0 Å². The summed E-state index contributed by atoms with van der Waals surface area (Å²) in [7, 11) is 1.43. The average Bonchev–Trinajstić information content (AvgIpc) is 3.40. The Labute approximate surface area is 189 Å². The summed E-state index contributed by atoms with van der Waals surface area (Å²) in [5.74, 6) is -0.214. The lowest BCUT2D eigenvalue weighted by atomic mass is 10.0. The van der Waals surface area contributed by atoms with E-state index in [-0.39, 0.29) is 12.4 Å². The second-order valence-electron chi connectivity index (χ2n) is 7.57. The van der Waals surface area contributed by atoms with Gasteiger partial charge in [0.1, 0.15) is 0 Å². The minimum Gasteiger partial charge on any atom is -0.469 e. The zero-order valence-corrected chi connectivity index (χ0v) is 19.1. The van der Waals surface area contributed by atoms with Gasteiger partial charge in [0, 0.05) is 19.2 Å². The summed E-state index contributed by atoms with van der Waals surface area (Å²) in [6, 6.07) is 25.9. The van der Waals surface area contributed by atoms with Crippen LogP contribution in [-0.4, -0.2) is 13.1 Å². The Hall–Kier alpha value is -2.95. The zero-order chi connectivity index (χ0) is 21.4. The second-order valence-corrected chi connectivity index (χ2v) is 9.74. The fourth-order valence-electron chi connectivity index (χ4n) is 4.05. The van der Waals surface area contributed by atoms with Crippen LogP contribution in [0.5, 0.6) is 0 Å². The predicted molar refractivity (Wildman–Crippen MR) is 133 cm³/mol. The van der Waals surface area contributed by atoms with E-state index in [4.69, 9.17) is 4.74 Å². The number of esters is 1. The van der Waals surface area contributed by atoms with Crippen molar-refractivity contribution in [3.05, 3.63) is 83.9 Å². The Bertz CT molecular complexity index is 1360. The number of carbonyl (C=O) groups is 1. The van der Waals surface area contributed by atoms with Gasteiger partial charge in [-0.05, 0) is 63.7 Å². The molecule has 31 heavy (non-hydrogen) atoms. The molecule has 0 aliphatic rings. The number of methoxy groups -OCH3 is 1. The van der Waals surface area contributed by atoms with Gasteiger partial charge in [-0.25, -0.2) is 0 Å². The van der Waals surface area contributed by atoms with E-state index in [9.17, 15) is 4.79 Å². The highest BCUT2D eigenvalue weighted by atomic mass is 32.1. The monoisotopic (exact) mass is 442 g/mol. The molecule has 0 aliphatic carbocycles. The number of aryl methyl sites for hydroxylation is 1. The highest BCUT2D eigenvalue weighted by molar-refractivity contribution is 7.23. The topological polar surface area (TPSA) is 26.3 Å². The van der Waals surface area contributed by atoms with Crippen LogP contribution in [0.25, 0.3) is 41.1 Å². The predicted octanol–water partition coefficient (Wildman–Crippen LogP) is 7.73. The number of hydrogen-bond acceptors (Lipinski definition) is 4. The summed E-state index contributed by atoms with van der Waals surface area (Å²) in [6.45, 7) is 2.21. The Morgan fingerprint density at radius 2 is 1.29 bits per heavy atom. The smallest absolute Gasteiger partial charge is 0.310 e. The van der Waals surface area contributed by atoms with Crippen molar-refractivity contribution in [2.24, 2.45) is 0 Å². The molecule has 0 fully saturated rings. The number of rotatable bonds is 5. The van der Waals surface area contributed by atoms with Crippen molar-refractivity contribution in [3.63, 3.8) is 0 Å². The van der Waals surface area contributed by atoms with E-state index in [1.807, 2.05) is 29.5 Å². The lowest BCUT2D eigenvalue weighted by Crippen LogP contribution is -2.05. The van der Waals surface area contributed by atoms with E-state index < -0.39 is 0 Å². The van der Waals surface area contributed by atoms with E-state index in [1.165, 1.54) is 48.2 Å². The van der Waals surface area contributed by atoms with Crippen LogP contribution in [-0.2, 0) is 22.4 Å². The molecule has 0 atom stereocenters. The van der Waals surface area contributed by atoms with Gasteiger partial charge >= 0.3 is 5.97 Å². The third-order valence-corrected chi connectivity index (χ3v) is 7.93. The molecule has 4 heteroatoms. The zero-order valence-electron chi connectivity index (χ0n) is 17.5. The van der Waals surface area contributed by atoms with Crippen molar-refractivity contribution in [2.75, 3.05) is 7.11 Å². The quantitative estimate of drug-likeness (QED) is 0.260. The van der Waals surface area contributed by atoms with Crippen molar-refractivity contribution in [1.82, 2.24) is 0 Å². The largest absolute Gasteiger partial charge is 0.469 e. The maximum Gasteiger partial charge on any atom is 0.310 e. The number of fused-ring (bicyclic) bond motifs is 2. The summed E-state index contributed by atoms with van der Waals surface area (Å²) >= 11 is 3.64. The van der Waals surface area contributed by atoms with Gasteiger partial charge in [0.25, 0.3) is 0 Å². The SMILES string of the molecule is CCc1ccccc1-c1cc2cc3sc(-c4ccccc4CC(=O)OC)cc3cc2s1. The van der Waals surface area contributed by atoms with Crippen LogP contribution in [0.1, 0.15) is 18.1 Å². The molecule has 2 aromatic heterocycles. The summed E-state index contributed by atoms with van der Waals surface area (Å²) < 4.78 is 7.45. The van der Waals surface area contributed by atoms with Crippen molar-refractivity contribution in [1.29, 1.82) is 0 Å². The Morgan fingerprint density at radius 1 is 0.774 bits per heavy atom. The fourth-order valence-corrected chi connectivity index (χ4v) is 6.36. The first kappa shape index (κ1) is 20.0. The molecular formula is C27H22O2S2. The highest BCUT2D eigenvalue weighted by Gasteiger charge is 2.14. The maximum absolute atomic E-state index is 11.8. The number of thiophene rings is 2. The van der Waals surface area contributed by atoms with Crippen LogP contribution in [0.2, 0.25) is 0 Å². The van der Waals surface area contributed by atoms with Gasteiger partial charge < -0.3 is 4.74 Å². The summed E-state index contributed by atoms with van der Waals surface area (Å²) in [6.07, 6.45) is 1.32. The number of carbonyl (C=O) groups excluding carboxylic acids is 1. The molecule has 0 spiro atoms. The molecule has 0 unspecified atom stereocenters. The first-order valence-corrected chi connectivity index (χ1v) is 12.0. The lowest BCUT2D eigenvalue weighted by Gasteiger charge is -2.06. The van der Waals surface area contributed by atoms with Crippen molar-refractivity contribution >= 4 is 48.8 Å². The molecule has 154 valence electrons. The van der Waals surface area contributed by atoms with E-state index in [0.717, 1.165) is 17.5 Å².